The van der Waals surface area contributed by atoms with Crippen LogP contribution in [-0.4, -0.2) is 6.04 Å². The molecule has 66 valence electrons. The molecule has 1 aromatic carbocycles. The monoisotopic (exact) mass is 227 g/mol. The second-order valence-corrected chi connectivity index (χ2v) is 4.17. The third-order valence-corrected chi connectivity index (χ3v) is 2.34. The molecule has 0 fully saturated rings. The van der Waals surface area contributed by atoms with Gasteiger partial charge in [-0.3, -0.25) is 0 Å². The fraction of sp³-hybridized carbons (Fsp3) is 0.400. The SMILES string of the molecule is Cc1cc(Br)ccc1C[C@H](C)N. The van der Waals surface area contributed by atoms with E-state index in [1.807, 2.05) is 6.92 Å². The molecule has 1 atom stereocenters. The molecule has 0 bridgehead atoms. The highest BCUT2D eigenvalue weighted by Gasteiger charge is 2.01. The summed E-state index contributed by atoms with van der Waals surface area (Å²) in [5.41, 5.74) is 8.37. The Bertz CT molecular complexity index is 269. The Morgan fingerprint density at radius 1 is 1.50 bits per heavy atom. The van der Waals surface area contributed by atoms with Crippen LogP contribution in [0.2, 0.25) is 0 Å². The summed E-state index contributed by atoms with van der Waals surface area (Å²) in [5, 5.41) is 0. The summed E-state index contributed by atoms with van der Waals surface area (Å²) in [5.74, 6) is 0. The average Bonchev–Trinajstić information content (AvgIpc) is 1.94. The van der Waals surface area contributed by atoms with Gasteiger partial charge in [0.25, 0.3) is 0 Å². The van der Waals surface area contributed by atoms with Crippen molar-refractivity contribution in [2.75, 3.05) is 0 Å². The maximum absolute atomic E-state index is 5.72. The molecule has 0 heterocycles. The molecule has 0 aromatic heterocycles. The number of hydrogen-bond acceptors (Lipinski definition) is 1. The molecule has 0 aliphatic rings. The predicted molar refractivity (Wildman–Crippen MR) is 56.2 cm³/mol. The average molecular weight is 228 g/mol. The minimum absolute atomic E-state index is 0.241. The first-order chi connectivity index (χ1) is 5.59. The van der Waals surface area contributed by atoms with Crippen LogP contribution in [0.3, 0.4) is 0 Å². The molecule has 12 heavy (non-hydrogen) atoms. The van der Waals surface area contributed by atoms with Crippen molar-refractivity contribution in [3.63, 3.8) is 0 Å². The molecular weight excluding hydrogens is 214 g/mol. The third-order valence-electron chi connectivity index (χ3n) is 1.85. The van der Waals surface area contributed by atoms with E-state index >= 15 is 0 Å². The zero-order valence-corrected chi connectivity index (χ0v) is 9.06. The summed E-state index contributed by atoms with van der Waals surface area (Å²) >= 11 is 3.43. The van der Waals surface area contributed by atoms with Crippen molar-refractivity contribution in [2.24, 2.45) is 5.73 Å². The normalized spacial score (nSPS) is 13.0. The van der Waals surface area contributed by atoms with Gasteiger partial charge >= 0.3 is 0 Å². The lowest BCUT2D eigenvalue weighted by Crippen LogP contribution is -2.18. The molecule has 0 saturated heterocycles. The fourth-order valence-corrected chi connectivity index (χ4v) is 1.71. The predicted octanol–water partition coefficient (Wildman–Crippen LogP) is 2.65. The van der Waals surface area contributed by atoms with Gasteiger partial charge in [0.15, 0.2) is 0 Å². The molecule has 1 nitrogen and oxygen atoms in total. The molecule has 0 aliphatic heterocycles. The molecule has 0 aliphatic carbocycles. The molecule has 1 aromatic rings. The molecule has 2 heteroatoms. The molecule has 0 radical (unpaired) electrons. The van der Waals surface area contributed by atoms with E-state index < -0.39 is 0 Å². The summed E-state index contributed by atoms with van der Waals surface area (Å²) in [7, 11) is 0. The van der Waals surface area contributed by atoms with E-state index in [-0.39, 0.29) is 6.04 Å². The van der Waals surface area contributed by atoms with Crippen molar-refractivity contribution in [3.8, 4) is 0 Å². The quantitative estimate of drug-likeness (QED) is 0.827. The van der Waals surface area contributed by atoms with Gasteiger partial charge in [-0.1, -0.05) is 22.0 Å². The molecule has 2 N–H and O–H groups in total. The largest absolute Gasteiger partial charge is 0.328 e. The van der Waals surface area contributed by atoms with Crippen LogP contribution in [0.5, 0.6) is 0 Å². The van der Waals surface area contributed by atoms with Crippen LogP contribution in [0.4, 0.5) is 0 Å². The third kappa shape index (κ3) is 2.61. The zero-order valence-electron chi connectivity index (χ0n) is 7.47. The van der Waals surface area contributed by atoms with Gasteiger partial charge in [-0.25, -0.2) is 0 Å². The van der Waals surface area contributed by atoms with E-state index in [0.717, 1.165) is 10.9 Å². The lowest BCUT2D eigenvalue weighted by Gasteiger charge is -2.08. The van der Waals surface area contributed by atoms with Crippen LogP contribution in [0, 0.1) is 6.92 Å². The maximum atomic E-state index is 5.72. The fourth-order valence-electron chi connectivity index (χ4n) is 1.24. The Balaban J connectivity index is 2.86. The molecule has 0 unspecified atom stereocenters. The van der Waals surface area contributed by atoms with Crippen molar-refractivity contribution >= 4 is 15.9 Å². The van der Waals surface area contributed by atoms with Gasteiger partial charge in [-0.15, -0.1) is 0 Å². The zero-order chi connectivity index (χ0) is 9.14. The van der Waals surface area contributed by atoms with E-state index in [2.05, 4.69) is 41.1 Å². The van der Waals surface area contributed by atoms with Gasteiger partial charge in [-0.2, -0.15) is 0 Å². The maximum Gasteiger partial charge on any atom is 0.0178 e. The highest BCUT2D eigenvalue weighted by atomic mass is 79.9. The lowest BCUT2D eigenvalue weighted by molar-refractivity contribution is 0.735. The van der Waals surface area contributed by atoms with Gasteiger partial charge in [0, 0.05) is 10.5 Å². The Hall–Kier alpha value is -0.340. The number of hydrogen-bond donors (Lipinski definition) is 1. The lowest BCUT2D eigenvalue weighted by atomic mass is 10.0. The molecule has 0 spiro atoms. The van der Waals surface area contributed by atoms with Gasteiger partial charge in [0.05, 0.1) is 0 Å². The molecular formula is C10H14BrN. The van der Waals surface area contributed by atoms with Crippen LogP contribution >= 0.6 is 15.9 Å². The minimum atomic E-state index is 0.241. The summed E-state index contributed by atoms with van der Waals surface area (Å²) in [6.07, 6.45) is 0.957. The first kappa shape index (κ1) is 9.75. The summed E-state index contributed by atoms with van der Waals surface area (Å²) in [4.78, 5) is 0. The molecule has 0 saturated carbocycles. The van der Waals surface area contributed by atoms with Gasteiger partial charge in [0.2, 0.25) is 0 Å². The van der Waals surface area contributed by atoms with Crippen LogP contribution in [0.25, 0.3) is 0 Å². The smallest absolute Gasteiger partial charge is 0.0178 e. The van der Waals surface area contributed by atoms with Crippen LogP contribution in [-0.2, 0) is 6.42 Å². The van der Waals surface area contributed by atoms with E-state index in [1.165, 1.54) is 11.1 Å². The summed E-state index contributed by atoms with van der Waals surface area (Å²) < 4.78 is 1.13. The van der Waals surface area contributed by atoms with Gasteiger partial charge < -0.3 is 5.73 Å². The van der Waals surface area contributed by atoms with E-state index in [4.69, 9.17) is 5.73 Å². The van der Waals surface area contributed by atoms with Gasteiger partial charge in [-0.05, 0) is 43.5 Å². The number of rotatable bonds is 2. The highest BCUT2D eigenvalue weighted by Crippen LogP contribution is 2.16. The van der Waals surface area contributed by atoms with E-state index in [0.29, 0.717) is 0 Å². The number of benzene rings is 1. The summed E-state index contributed by atoms with van der Waals surface area (Å²) in [6, 6.07) is 6.55. The van der Waals surface area contributed by atoms with Crippen molar-refractivity contribution in [2.45, 2.75) is 26.3 Å². The number of aryl methyl sites for hydroxylation is 1. The highest BCUT2D eigenvalue weighted by molar-refractivity contribution is 9.10. The minimum Gasteiger partial charge on any atom is -0.328 e. The van der Waals surface area contributed by atoms with Crippen molar-refractivity contribution in [3.05, 3.63) is 33.8 Å². The van der Waals surface area contributed by atoms with Crippen LogP contribution in [0.15, 0.2) is 22.7 Å². The van der Waals surface area contributed by atoms with Crippen LogP contribution in [0.1, 0.15) is 18.1 Å². The van der Waals surface area contributed by atoms with Crippen molar-refractivity contribution < 1.29 is 0 Å². The Labute approximate surface area is 82.1 Å². The Kier molecular flexibility index (Phi) is 3.29. The van der Waals surface area contributed by atoms with Gasteiger partial charge in [0.1, 0.15) is 0 Å². The standard InChI is InChI=1S/C10H14BrN/c1-7-5-10(11)4-3-9(7)6-8(2)12/h3-5,8H,6,12H2,1-2H3/t8-/m0/s1. The second-order valence-electron chi connectivity index (χ2n) is 3.25. The molecule has 1 rings (SSSR count). The van der Waals surface area contributed by atoms with Crippen molar-refractivity contribution in [1.82, 2.24) is 0 Å². The van der Waals surface area contributed by atoms with Crippen LogP contribution < -0.4 is 5.73 Å². The number of nitrogens with two attached hydrogens (primary N) is 1. The number of halogens is 1. The first-order valence-corrected chi connectivity index (χ1v) is 4.89. The topological polar surface area (TPSA) is 26.0 Å². The van der Waals surface area contributed by atoms with Crippen molar-refractivity contribution in [1.29, 1.82) is 0 Å². The van der Waals surface area contributed by atoms with E-state index in [1.54, 1.807) is 0 Å². The Morgan fingerprint density at radius 3 is 2.67 bits per heavy atom. The second kappa shape index (κ2) is 4.06. The summed E-state index contributed by atoms with van der Waals surface area (Å²) in [6.45, 7) is 4.14. The van der Waals surface area contributed by atoms with E-state index in [9.17, 15) is 0 Å². The molecule has 0 amide bonds. The first-order valence-electron chi connectivity index (χ1n) is 4.10. The Morgan fingerprint density at radius 2 is 2.17 bits per heavy atom.